The number of nitrogens with zero attached hydrogens (tertiary/aromatic N) is 4. The molecule has 1 N–H and O–H groups in total. The molecule has 0 aliphatic carbocycles. The van der Waals surface area contributed by atoms with Crippen LogP contribution in [0.2, 0.25) is 5.02 Å². The number of hydrogen-bond donors (Lipinski definition) is 1. The number of aromatic nitrogens is 4. The van der Waals surface area contributed by atoms with Gasteiger partial charge in [0.15, 0.2) is 0 Å². The van der Waals surface area contributed by atoms with E-state index in [9.17, 15) is 4.79 Å². The van der Waals surface area contributed by atoms with Crippen molar-refractivity contribution < 1.29 is 9.21 Å². The molecule has 10 heteroatoms. The molecule has 0 spiro atoms. The Kier molecular flexibility index (Phi) is 5.67. The monoisotopic (exact) mass is 395 g/mol. The van der Waals surface area contributed by atoms with E-state index in [2.05, 4.69) is 25.7 Å². The van der Waals surface area contributed by atoms with Crippen molar-refractivity contribution in [3.63, 3.8) is 0 Å². The van der Waals surface area contributed by atoms with Crippen molar-refractivity contribution in [2.24, 2.45) is 0 Å². The molecule has 0 radical (unpaired) electrons. The van der Waals surface area contributed by atoms with Crippen LogP contribution < -0.4 is 5.32 Å². The number of hydrogen-bond acceptors (Lipinski definition) is 8. The van der Waals surface area contributed by atoms with Crippen molar-refractivity contribution >= 4 is 45.7 Å². The zero-order valence-corrected chi connectivity index (χ0v) is 15.8. The number of carbonyl (C=O) groups excluding carboxylic acids is 1. The number of thioether (sulfide) groups is 1. The second-order valence-electron chi connectivity index (χ2n) is 5.32. The van der Waals surface area contributed by atoms with E-state index in [0.29, 0.717) is 21.3 Å². The van der Waals surface area contributed by atoms with Crippen LogP contribution in [0.25, 0.3) is 11.5 Å². The van der Waals surface area contributed by atoms with Crippen LogP contribution in [0.5, 0.6) is 0 Å². The van der Waals surface area contributed by atoms with Crippen LogP contribution in [-0.4, -0.2) is 32.1 Å². The molecule has 1 amide bonds. The molecule has 0 bridgehead atoms. The Morgan fingerprint density at radius 1 is 1.32 bits per heavy atom. The molecule has 0 aliphatic rings. The smallest absolute Gasteiger partial charge is 0.277 e. The Balaban J connectivity index is 1.55. The lowest BCUT2D eigenvalue weighted by molar-refractivity contribution is -0.113. The van der Waals surface area contributed by atoms with Gasteiger partial charge in [-0.3, -0.25) is 10.1 Å². The Hall–Kier alpha value is -1.97. The van der Waals surface area contributed by atoms with Crippen molar-refractivity contribution in [2.75, 3.05) is 11.1 Å². The third-order valence-electron chi connectivity index (χ3n) is 2.99. The number of anilines is 1. The molecule has 7 nitrogen and oxygen atoms in total. The molecule has 2 heterocycles. The molecule has 130 valence electrons. The average Bonchev–Trinajstić information content (AvgIpc) is 3.22. The van der Waals surface area contributed by atoms with Crippen LogP contribution in [0.3, 0.4) is 0 Å². The molecule has 0 aliphatic heterocycles. The van der Waals surface area contributed by atoms with E-state index in [1.807, 2.05) is 19.9 Å². The summed E-state index contributed by atoms with van der Waals surface area (Å²) >= 11 is 8.46. The number of amides is 1. The third-order valence-corrected chi connectivity index (χ3v) is 5.18. The van der Waals surface area contributed by atoms with Crippen LogP contribution in [-0.2, 0) is 4.79 Å². The van der Waals surface area contributed by atoms with Crippen LogP contribution in [0, 0.1) is 0 Å². The lowest BCUT2D eigenvalue weighted by atomic mass is 10.2. The fourth-order valence-corrected chi connectivity index (χ4v) is 3.32. The fourth-order valence-electron chi connectivity index (χ4n) is 1.81. The highest BCUT2D eigenvalue weighted by molar-refractivity contribution is 7.99. The van der Waals surface area contributed by atoms with Gasteiger partial charge in [-0.15, -0.1) is 20.4 Å². The van der Waals surface area contributed by atoms with E-state index in [4.69, 9.17) is 16.0 Å². The molecule has 0 saturated carbocycles. The third kappa shape index (κ3) is 4.77. The molecule has 1 aromatic carbocycles. The van der Waals surface area contributed by atoms with Gasteiger partial charge in [0.25, 0.3) is 5.22 Å². The summed E-state index contributed by atoms with van der Waals surface area (Å²) in [5.74, 6) is 0.559. The first-order chi connectivity index (χ1) is 12.0. The predicted octanol–water partition coefficient (Wildman–Crippen LogP) is 4.10. The van der Waals surface area contributed by atoms with Gasteiger partial charge >= 0.3 is 0 Å². The molecule has 3 aromatic rings. The van der Waals surface area contributed by atoms with Gasteiger partial charge in [-0.1, -0.05) is 54.6 Å². The van der Waals surface area contributed by atoms with Gasteiger partial charge < -0.3 is 4.42 Å². The fraction of sp³-hybridized carbons (Fsp3) is 0.267. The Morgan fingerprint density at radius 2 is 2.16 bits per heavy atom. The van der Waals surface area contributed by atoms with Crippen LogP contribution in [0.4, 0.5) is 5.13 Å². The first-order valence-electron chi connectivity index (χ1n) is 7.37. The van der Waals surface area contributed by atoms with Crippen LogP contribution >= 0.6 is 34.7 Å². The minimum atomic E-state index is -0.209. The number of halogens is 1. The van der Waals surface area contributed by atoms with Crippen molar-refractivity contribution in [1.82, 2.24) is 20.4 Å². The standard InChI is InChI=1S/C15H14ClN5O2S2/c1-8(2)13-19-20-14(25-13)17-11(22)7-24-15-21-18-12(23-15)9-4-3-5-10(16)6-9/h3-6,8H,7H2,1-2H3,(H,17,20,22). The second-order valence-corrected chi connectivity index (χ2v) is 7.69. The van der Waals surface area contributed by atoms with Gasteiger partial charge in [-0.2, -0.15) is 0 Å². The Labute approximate surface area is 157 Å². The van der Waals surface area contributed by atoms with E-state index < -0.39 is 0 Å². The molecule has 0 unspecified atom stereocenters. The van der Waals surface area contributed by atoms with Crippen molar-refractivity contribution in [1.29, 1.82) is 0 Å². The summed E-state index contributed by atoms with van der Waals surface area (Å²) in [7, 11) is 0. The highest BCUT2D eigenvalue weighted by Gasteiger charge is 2.14. The summed E-state index contributed by atoms with van der Waals surface area (Å²) < 4.78 is 5.54. The van der Waals surface area contributed by atoms with Gasteiger partial charge in [0.2, 0.25) is 16.9 Å². The SMILES string of the molecule is CC(C)c1nnc(NC(=O)CSc2nnc(-c3cccc(Cl)c3)o2)s1. The molecular weight excluding hydrogens is 382 g/mol. The molecule has 2 aromatic heterocycles. The highest BCUT2D eigenvalue weighted by Crippen LogP contribution is 2.26. The van der Waals surface area contributed by atoms with Gasteiger partial charge in [-0.25, -0.2) is 0 Å². The largest absolute Gasteiger partial charge is 0.411 e. The minimum absolute atomic E-state index is 0.133. The minimum Gasteiger partial charge on any atom is -0.411 e. The normalized spacial score (nSPS) is 11.0. The van der Waals surface area contributed by atoms with Gasteiger partial charge in [0.05, 0.1) is 5.75 Å². The number of nitrogens with one attached hydrogen (secondary N) is 1. The quantitative estimate of drug-likeness (QED) is 0.628. The van der Waals surface area contributed by atoms with E-state index >= 15 is 0 Å². The van der Waals surface area contributed by atoms with Crippen LogP contribution in [0.1, 0.15) is 24.8 Å². The Bertz CT molecular complexity index is 880. The molecular formula is C15H14ClN5O2S2. The van der Waals surface area contributed by atoms with E-state index in [-0.39, 0.29) is 17.6 Å². The predicted molar refractivity (Wildman–Crippen MR) is 98.1 cm³/mol. The summed E-state index contributed by atoms with van der Waals surface area (Å²) in [4.78, 5) is 12.0. The van der Waals surface area contributed by atoms with Crippen LogP contribution in [0.15, 0.2) is 33.9 Å². The van der Waals surface area contributed by atoms with Gasteiger partial charge in [-0.05, 0) is 18.2 Å². The maximum atomic E-state index is 12.0. The maximum Gasteiger partial charge on any atom is 0.277 e. The molecule has 25 heavy (non-hydrogen) atoms. The highest BCUT2D eigenvalue weighted by atomic mass is 35.5. The first-order valence-corrected chi connectivity index (χ1v) is 9.55. The van der Waals surface area contributed by atoms with Gasteiger partial charge in [0, 0.05) is 16.5 Å². The first kappa shape index (κ1) is 17.8. The van der Waals surface area contributed by atoms with Crippen molar-refractivity contribution in [3.8, 4) is 11.5 Å². The summed E-state index contributed by atoms with van der Waals surface area (Å²) in [5, 5.41) is 20.8. The lowest BCUT2D eigenvalue weighted by Gasteiger charge is -1.98. The van der Waals surface area contributed by atoms with Crippen molar-refractivity contribution in [2.45, 2.75) is 25.0 Å². The second kappa shape index (κ2) is 7.94. The summed E-state index contributed by atoms with van der Waals surface area (Å²) in [6, 6.07) is 7.12. The summed E-state index contributed by atoms with van der Waals surface area (Å²) in [6.45, 7) is 4.05. The van der Waals surface area contributed by atoms with E-state index in [1.165, 1.54) is 11.3 Å². The summed E-state index contributed by atoms with van der Waals surface area (Å²) in [5.41, 5.74) is 0.728. The molecule has 0 saturated heterocycles. The maximum absolute atomic E-state index is 12.0. The Morgan fingerprint density at radius 3 is 2.88 bits per heavy atom. The molecule has 3 rings (SSSR count). The van der Waals surface area contributed by atoms with Crippen molar-refractivity contribution in [3.05, 3.63) is 34.3 Å². The molecule has 0 atom stereocenters. The van der Waals surface area contributed by atoms with E-state index in [0.717, 1.165) is 22.3 Å². The topological polar surface area (TPSA) is 93.8 Å². The number of benzene rings is 1. The van der Waals surface area contributed by atoms with E-state index in [1.54, 1.807) is 18.2 Å². The molecule has 0 fully saturated rings. The average molecular weight is 396 g/mol. The lowest BCUT2D eigenvalue weighted by Crippen LogP contribution is -2.13. The number of carbonyl (C=O) groups is 1. The number of rotatable bonds is 6. The summed E-state index contributed by atoms with van der Waals surface area (Å²) in [6.07, 6.45) is 0. The zero-order valence-electron chi connectivity index (χ0n) is 13.4. The zero-order chi connectivity index (χ0) is 17.8. The van der Waals surface area contributed by atoms with Gasteiger partial charge in [0.1, 0.15) is 5.01 Å².